The number of carbonyl (C=O) groups is 1. The fourth-order valence-corrected chi connectivity index (χ4v) is 5.07. The molecule has 2 aromatic rings. The van der Waals surface area contributed by atoms with E-state index in [2.05, 4.69) is 10.0 Å². The minimum absolute atomic E-state index is 0.329. The van der Waals surface area contributed by atoms with Crippen LogP contribution in [0.2, 0.25) is 0 Å². The van der Waals surface area contributed by atoms with Crippen LogP contribution >= 0.6 is 11.3 Å². The first kappa shape index (κ1) is 21.2. The van der Waals surface area contributed by atoms with E-state index < -0.39 is 16.1 Å². The smallest absolute Gasteiger partial charge is 0.404 e. The average Bonchev–Trinajstić information content (AvgIpc) is 3.10. The number of hydrogen-bond acceptors (Lipinski definition) is 5. The lowest BCUT2D eigenvalue weighted by atomic mass is 10.1. The maximum absolute atomic E-state index is 12.6. The van der Waals surface area contributed by atoms with Crippen molar-refractivity contribution in [3.8, 4) is 5.75 Å². The third-order valence-corrected chi connectivity index (χ3v) is 6.96. The van der Waals surface area contributed by atoms with Gasteiger partial charge in [-0.2, -0.15) is 0 Å². The maximum Gasteiger partial charge on any atom is 0.404 e. The molecule has 2 rings (SSSR count). The molecular weight excluding hydrogens is 388 g/mol. The van der Waals surface area contributed by atoms with Crippen molar-refractivity contribution >= 4 is 27.5 Å². The summed E-state index contributed by atoms with van der Waals surface area (Å²) >= 11 is 1.21. The quantitative estimate of drug-likeness (QED) is 0.492. The molecule has 1 aromatic carbocycles. The van der Waals surface area contributed by atoms with Crippen molar-refractivity contribution in [1.29, 1.82) is 0 Å². The van der Waals surface area contributed by atoms with E-state index in [9.17, 15) is 13.2 Å². The Morgan fingerprint density at radius 2 is 1.81 bits per heavy atom. The summed E-state index contributed by atoms with van der Waals surface area (Å²) in [5, 5.41) is 12.5. The Morgan fingerprint density at radius 3 is 2.48 bits per heavy atom. The molecule has 0 saturated heterocycles. The standard InChI is InChI=1S/C18H24N2O5S2/c1-25-16-7-5-14(6-8-16)13-15-9-12-26-17(15)27(23,24)20-11-4-2-3-10-19-18(21)22/h5-9,12,19-20H,2-4,10-11,13H2,1H3,(H,21,22). The summed E-state index contributed by atoms with van der Waals surface area (Å²) in [6, 6.07) is 9.39. The third kappa shape index (κ3) is 6.85. The molecule has 0 fully saturated rings. The van der Waals surface area contributed by atoms with E-state index in [1.807, 2.05) is 30.3 Å². The lowest BCUT2D eigenvalue weighted by Crippen LogP contribution is -2.25. The molecule has 0 aliphatic heterocycles. The van der Waals surface area contributed by atoms with Crippen molar-refractivity contribution in [3.05, 3.63) is 46.8 Å². The van der Waals surface area contributed by atoms with E-state index >= 15 is 0 Å². The fraction of sp³-hybridized carbons (Fsp3) is 0.389. The number of carboxylic acid groups (broad SMARTS) is 1. The van der Waals surface area contributed by atoms with Gasteiger partial charge in [-0.25, -0.2) is 17.9 Å². The summed E-state index contributed by atoms with van der Waals surface area (Å²) < 4.78 is 33.3. The molecule has 0 aliphatic carbocycles. The van der Waals surface area contributed by atoms with Crippen LogP contribution in [0.25, 0.3) is 0 Å². The van der Waals surface area contributed by atoms with Crippen molar-refractivity contribution in [3.63, 3.8) is 0 Å². The number of sulfonamides is 1. The van der Waals surface area contributed by atoms with Gasteiger partial charge >= 0.3 is 6.09 Å². The number of rotatable bonds is 11. The van der Waals surface area contributed by atoms with Gasteiger partial charge in [0.25, 0.3) is 0 Å². The number of unbranched alkanes of at least 4 members (excludes halogenated alkanes) is 2. The molecule has 1 heterocycles. The van der Waals surface area contributed by atoms with Gasteiger partial charge in [-0.05, 0) is 54.0 Å². The lowest BCUT2D eigenvalue weighted by Gasteiger charge is -2.08. The fourth-order valence-electron chi connectivity index (χ4n) is 2.55. The number of methoxy groups -OCH3 is 1. The zero-order valence-electron chi connectivity index (χ0n) is 15.1. The summed E-state index contributed by atoms with van der Waals surface area (Å²) in [6.07, 6.45) is 1.56. The second-order valence-corrected chi connectivity index (χ2v) is 8.83. The summed E-state index contributed by atoms with van der Waals surface area (Å²) in [7, 11) is -1.95. The Morgan fingerprint density at radius 1 is 1.11 bits per heavy atom. The van der Waals surface area contributed by atoms with E-state index in [1.165, 1.54) is 11.3 Å². The van der Waals surface area contributed by atoms with Crippen molar-refractivity contribution in [1.82, 2.24) is 10.0 Å². The van der Waals surface area contributed by atoms with E-state index in [0.717, 1.165) is 23.3 Å². The number of nitrogens with one attached hydrogen (secondary N) is 2. The Hall–Kier alpha value is -2.10. The highest BCUT2D eigenvalue weighted by molar-refractivity contribution is 7.91. The van der Waals surface area contributed by atoms with Gasteiger partial charge in [0.1, 0.15) is 9.96 Å². The Kier molecular flexibility index (Phi) is 8.08. The maximum atomic E-state index is 12.6. The van der Waals surface area contributed by atoms with Crippen molar-refractivity contribution < 1.29 is 23.1 Å². The zero-order valence-corrected chi connectivity index (χ0v) is 16.7. The number of benzene rings is 1. The molecule has 0 aliphatic rings. The SMILES string of the molecule is COc1ccc(Cc2ccsc2S(=O)(=O)NCCCCCNC(=O)O)cc1. The number of amides is 1. The molecule has 1 aromatic heterocycles. The van der Waals surface area contributed by atoms with Crippen LogP contribution in [0.4, 0.5) is 4.79 Å². The highest BCUT2D eigenvalue weighted by Gasteiger charge is 2.19. The molecule has 1 amide bonds. The second kappa shape index (κ2) is 10.3. The van der Waals surface area contributed by atoms with Crippen LogP contribution in [0.5, 0.6) is 5.75 Å². The predicted molar refractivity (Wildman–Crippen MR) is 105 cm³/mol. The summed E-state index contributed by atoms with van der Waals surface area (Å²) in [5.74, 6) is 0.761. The van der Waals surface area contributed by atoms with Gasteiger partial charge in [-0.3, -0.25) is 0 Å². The van der Waals surface area contributed by atoms with Gasteiger partial charge in [-0.1, -0.05) is 18.6 Å². The van der Waals surface area contributed by atoms with E-state index in [4.69, 9.17) is 9.84 Å². The van der Waals surface area contributed by atoms with Crippen molar-refractivity contribution in [2.45, 2.75) is 29.9 Å². The monoisotopic (exact) mass is 412 g/mol. The third-order valence-electron chi connectivity index (χ3n) is 3.93. The molecule has 148 valence electrons. The zero-order chi connectivity index (χ0) is 19.7. The van der Waals surface area contributed by atoms with Gasteiger partial charge in [0.05, 0.1) is 7.11 Å². The highest BCUT2D eigenvalue weighted by atomic mass is 32.2. The van der Waals surface area contributed by atoms with Gasteiger partial charge < -0.3 is 15.2 Å². The molecular formula is C18H24N2O5S2. The van der Waals surface area contributed by atoms with Gasteiger partial charge in [0, 0.05) is 13.1 Å². The summed E-state index contributed by atoms with van der Waals surface area (Å²) in [6.45, 7) is 0.703. The van der Waals surface area contributed by atoms with Gasteiger partial charge in [0.15, 0.2) is 0 Å². The average molecular weight is 413 g/mol. The first-order valence-electron chi connectivity index (χ1n) is 8.58. The summed E-state index contributed by atoms with van der Waals surface area (Å²) in [4.78, 5) is 10.3. The molecule has 0 radical (unpaired) electrons. The molecule has 9 heteroatoms. The van der Waals surface area contributed by atoms with Crippen LogP contribution < -0.4 is 14.8 Å². The number of thiophene rings is 1. The topological polar surface area (TPSA) is 105 Å². The first-order chi connectivity index (χ1) is 12.9. The molecule has 0 bridgehead atoms. The number of ether oxygens (including phenoxy) is 1. The van der Waals surface area contributed by atoms with Crippen LogP contribution in [0.15, 0.2) is 39.9 Å². The summed E-state index contributed by atoms with van der Waals surface area (Å²) in [5.41, 5.74) is 1.78. The number of hydrogen-bond donors (Lipinski definition) is 3. The Labute approximate surface area is 163 Å². The van der Waals surface area contributed by atoms with Crippen LogP contribution in [-0.4, -0.2) is 39.8 Å². The van der Waals surface area contributed by atoms with Crippen molar-refractivity contribution in [2.75, 3.05) is 20.2 Å². The van der Waals surface area contributed by atoms with Crippen molar-refractivity contribution in [2.24, 2.45) is 0 Å². The van der Waals surface area contributed by atoms with E-state index in [0.29, 0.717) is 36.6 Å². The minimum Gasteiger partial charge on any atom is -0.497 e. The van der Waals surface area contributed by atoms with Gasteiger partial charge in [-0.15, -0.1) is 11.3 Å². The first-order valence-corrected chi connectivity index (χ1v) is 10.9. The molecule has 7 nitrogen and oxygen atoms in total. The van der Waals surface area contributed by atoms with Crippen LogP contribution in [0.3, 0.4) is 0 Å². The highest BCUT2D eigenvalue weighted by Crippen LogP contribution is 2.25. The molecule has 0 atom stereocenters. The van der Waals surface area contributed by atoms with E-state index in [-0.39, 0.29) is 0 Å². The molecule has 3 N–H and O–H groups in total. The largest absolute Gasteiger partial charge is 0.497 e. The Bertz CT molecular complexity index is 832. The predicted octanol–water partition coefficient (Wildman–Crippen LogP) is 3.06. The molecule has 27 heavy (non-hydrogen) atoms. The minimum atomic E-state index is -3.55. The van der Waals surface area contributed by atoms with E-state index in [1.54, 1.807) is 12.5 Å². The molecule has 0 saturated carbocycles. The second-order valence-electron chi connectivity index (χ2n) is 5.95. The van der Waals surface area contributed by atoms with Gasteiger partial charge in [0.2, 0.25) is 10.0 Å². The van der Waals surface area contributed by atoms with Crippen LogP contribution in [-0.2, 0) is 16.4 Å². The lowest BCUT2D eigenvalue weighted by molar-refractivity contribution is 0.194. The normalized spacial score (nSPS) is 11.3. The van der Waals surface area contributed by atoms with Crippen LogP contribution in [0, 0.1) is 0 Å². The Balaban J connectivity index is 1.87. The molecule has 0 unspecified atom stereocenters. The molecule has 0 spiro atoms. The van der Waals surface area contributed by atoms with Crippen LogP contribution in [0.1, 0.15) is 30.4 Å².